The van der Waals surface area contributed by atoms with Gasteiger partial charge in [0.05, 0.1) is 6.61 Å². The molecule has 0 radical (unpaired) electrons. The average molecular weight is 191 g/mol. The van der Waals surface area contributed by atoms with Crippen LogP contribution in [-0.2, 0) is 0 Å². The standard InChI is InChI=1S/C12H17NO/c1-3-4-9-14-12-7-5-11(6-8-12)10(2)13/h3,5-8,10H,1,4,9,13H2,2H3. The van der Waals surface area contributed by atoms with Crippen LogP contribution in [-0.4, -0.2) is 6.61 Å². The van der Waals surface area contributed by atoms with E-state index < -0.39 is 0 Å². The Morgan fingerprint density at radius 2 is 2.07 bits per heavy atom. The Morgan fingerprint density at radius 1 is 1.43 bits per heavy atom. The molecule has 14 heavy (non-hydrogen) atoms. The van der Waals surface area contributed by atoms with Crippen molar-refractivity contribution in [3.63, 3.8) is 0 Å². The Bertz CT molecular complexity index is 277. The summed E-state index contributed by atoms with van der Waals surface area (Å²) in [6.07, 6.45) is 2.71. The quantitative estimate of drug-likeness (QED) is 0.573. The lowest BCUT2D eigenvalue weighted by molar-refractivity contribution is 0.325. The Morgan fingerprint density at radius 3 is 2.57 bits per heavy atom. The minimum Gasteiger partial charge on any atom is -0.493 e. The monoisotopic (exact) mass is 191 g/mol. The molecule has 0 amide bonds. The molecule has 1 atom stereocenters. The molecular formula is C12H17NO. The highest BCUT2D eigenvalue weighted by molar-refractivity contribution is 5.28. The molecule has 0 saturated carbocycles. The van der Waals surface area contributed by atoms with Gasteiger partial charge < -0.3 is 10.5 Å². The molecule has 1 aromatic carbocycles. The zero-order chi connectivity index (χ0) is 10.4. The maximum atomic E-state index is 5.73. The van der Waals surface area contributed by atoms with Crippen molar-refractivity contribution in [3.05, 3.63) is 42.5 Å². The zero-order valence-corrected chi connectivity index (χ0v) is 8.57. The van der Waals surface area contributed by atoms with Gasteiger partial charge in [-0.1, -0.05) is 18.2 Å². The van der Waals surface area contributed by atoms with Gasteiger partial charge in [0.25, 0.3) is 0 Å². The maximum absolute atomic E-state index is 5.73. The van der Waals surface area contributed by atoms with E-state index in [2.05, 4.69) is 6.58 Å². The van der Waals surface area contributed by atoms with Crippen molar-refractivity contribution < 1.29 is 4.74 Å². The smallest absolute Gasteiger partial charge is 0.119 e. The topological polar surface area (TPSA) is 35.2 Å². The summed E-state index contributed by atoms with van der Waals surface area (Å²) in [4.78, 5) is 0. The van der Waals surface area contributed by atoms with Crippen molar-refractivity contribution in [2.24, 2.45) is 5.73 Å². The van der Waals surface area contributed by atoms with Crippen LogP contribution in [0.15, 0.2) is 36.9 Å². The lowest BCUT2D eigenvalue weighted by atomic mass is 10.1. The fourth-order valence-corrected chi connectivity index (χ4v) is 1.13. The van der Waals surface area contributed by atoms with Gasteiger partial charge in [-0.2, -0.15) is 0 Å². The van der Waals surface area contributed by atoms with Crippen LogP contribution < -0.4 is 10.5 Å². The summed E-state index contributed by atoms with van der Waals surface area (Å²) in [6, 6.07) is 7.96. The summed E-state index contributed by atoms with van der Waals surface area (Å²) in [6.45, 7) is 6.28. The molecule has 0 aliphatic heterocycles. The normalized spacial score (nSPS) is 12.1. The van der Waals surface area contributed by atoms with Gasteiger partial charge in [-0.15, -0.1) is 6.58 Å². The Kier molecular flexibility index (Phi) is 4.20. The van der Waals surface area contributed by atoms with E-state index in [9.17, 15) is 0 Å². The Balaban J connectivity index is 2.51. The van der Waals surface area contributed by atoms with Crippen LogP contribution in [0.4, 0.5) is 0 Å². The van der Waals surface area contributed by atoms with Crippen LogP contribution in [0.3, 0.4) is 0 Å². The molecule has 76 valence electrons. The second-order valence-electron chi connectivity index (χ2n) is 3.28. The van der Waals surface area contributed by atoms with Crippen molar-refractivity contribution in [1.82, 2.24) is 0 Å². The van der Waals surface area contributed by atoms with Crippen molar-refractivity contribution in [1.29, 1.82) is 0 Å². The maximum Gasteiger partial charge on any atom is 0.119 e. The summed E-state index contributed by atoms with van der Waals surface area (Å²) in [5, 5.41) is 0. The Hall–Kier alpha value is -1.28. The molecule has 1 unspecified atom stereocenters. The summed E-state index contributed by atoms with van der Waals surface area (Å²) >= 11 is 0. The van der Waals surface area contributed by atoms with Gasteiger partial charge in [-0.25, -0.2) is 0 Å². The number of rotatable bonds is 5. The molecule has 2 nitrogen and oxygen atoms in total. The van der Waals surface area contributed by atoms with Crippen LogP contribution in [0.1, 0.15) is 24.9 Å². The Labute approximate surface area is 85.4 Å². The molecule has 0 heterocycles. The van der Waals surface area contributed by atoms with E-state index in [1.54, 1.807) is 0 Å². The average Bonchev–Trinajstić information content (AvgIpc) is 2.19. The number of ether oxygens (including phenoxy) is 1. The van der Waals surface area contributed by atoms with E-state index >= 15 is 0 Å². The van der Waals surface area contributed by atoms with Crippen LogP contribution in [0.2, 0.25) is 0 Å². The molecule has 0 aromatic heterocycles. The molecule has 0 aliphatic carbocycles. The summed E-state index contributed by atoms with van der Waals surface area (Å²) < 4.78 is 5.47. The first-order valence-corrected chi connectivity index (χ1v) is 4.83. The van der Waals surface area contributed by atoms with Gasteiger partial charge in [0.15, 0.2) is 0 Å². The first kappa shape index (κ1) is 10.8. The van der Waals surface area contributed by atoms with Crippen molar-refractivity contribution in [2.75, 3.05) is 6.61 Å². The van der Waals surface area contributed by atoms with E-state index in [0.29, 0.717) is 6.61 Å². The minimum atomic E-state index is 0.0808. The fraction of sp³-hybridized carbons (Fsp3) is 0.333. The van der Waals surface area contributed by atoms with E-state index in [1.165, 1.54) is 0 Å². The molecule has 2 N–H and O–H groups in total. The molecule has 0 bridgehead atoms. The lowest BCUT2D eigenvalue weighted by Crippen LogP contribution is -2.04. The van der Waals surface area contributed by atoms with Gasteiger partial charge in [0, 0.05) is 6.04 Å². The SMILES string of the molecule is C=CCCOc1ccc(C(C)N)cc1. The largest absolute Gasteiger partial charge is 0.493 e. The third-order valence-electron chi connectivity index (χ3n) is 2.00. The van der Waals surface area contributed by atoms with Gasteiger partial charge in [0.1, 0.15) is 5.75 Å². The first-order valence-electron chi connectivity index (χ1n) is 4.83. The molecule has 2 heteroatoms. The van der Waals surface area contributed by atoms with Crippen LogP contribution in [0.5, 0.6) is 5.75 Å². The second-order valence-corrected chi connectivity index (χ2v) is 3.28. The van der Waals surface area contributed by atoms with Gasteiger partial charge >= 0.3 is 0 Å². The highest BCUT2D eigenvalue weighted by Crippen LogP contribution is 2.15. The van der Waals surface area contributed by atoms with E-state index in [4.69, 9.17) is 10.5 Å². The van der Waals surface area contributed by atoms with E-state index in [-0.39, 0.29) is 6.04 Å². The van der Waals surface area contributed by atoms with Gasteiger partial charge in [-0.05, 0) is 31.0 Å². The van der Waals surface area contributed by atoms with Crippen LogP contribution in [0, 0.1) is 0 Å². The summed E-state index contributed by atoms with van der Waals surface area (Å²) in [7, 11) is 0. The van der Waals surface area contributed by atoms with Gasteiger partial charge in [0.2, 0.25) is 0 Å². The zero-order valence-electron chi connectivity index (χ0n) is 8.57. The molecular weight excluding hydrogens is 174 g/mol. The first-order chi connectivity index (χ1) is 6.74. The van der Waals surface area contributed by atoms with E-state index in [0.717, 1.165) is 17.7 Å². The number of benzene rings is 1. The number of hydrogen-bond acceptors (Lipinski definition) is 2. The third kappa shape index (κ3) is 3.23. The molecule has 1 aromatic rings. The summed E-state index contributed by atoms with van der Waals surface area (Å²) in [5.74, 6) is 0.885. The van der Waals surface area contributed by atoms with Crippen LogP contribution in [0.25, 0.3) is 0 Å². The van der Waals surface area contributed by atoms with Crippen molar-refractivity contribution in [2.45, 2.75) is 19.4 Å². The number of hydrogen-bond donors (Lipinski definition) is 1. The molecule has 0 fully saturated rings. The van der Waals surface area contributed by atoms with Crippen molar-refractivity contribution >= 4 is 0 Å². The predicted octanol–water partition coefficient (Wildman–Crippen LogP) is 2.66. The fourth-order valence-electron chi connectivity index (χ4n) is 1.13. The minimum absolute atomic E-state index is 0.0808. The van der Waals surface area contributed by atoms with Crippen LogP contribution >= 0.6 is 0 Å². The number of nitrogens with two attached hydrogens (primary N) is 1. The molecule has 0 aliphatic rings. The van der Waals surface area contributed by atoms with E-state index in [1.807, 2.05) is 37.3 Å². The second kappa shape index (κ2) is 5.45. The lowest BCUT2D eigenvalue weighted by Gasteiger charge is -2.07. The summed E-state index contributed by atoms with van der Waals surface area (Å²) in [5.41, 5.74) is 6.86. The predicted molar refractivity (Wildman–Crippen MR) is 59.4 cm³/mol. The van der Waals surface area contributed by atoms with Gasteiger partial charge in [-0.3, -0.25) is 0 Å². The highest BCUT2D eigenvalue weighted by Gasteiger charge is 1.98. The highest BCUT2D eigenvalue weighted by atomic mass is 16.5. The third-order valence-corrected chi connectivity index (χ3v) is 2.00. The molecule has 0 saturated heterocycles. The molecule has 1 rings (SSSR count). The van der Waals surface area contributed by atoms with Crippen molar-refractivity contribution in [3.8, 4) is 5.75 Å². The molecule has 0 spiro atoms.